The Hall–Kier alpha value is -1.75. The number of amides is 1. The molecule has 1 aliphatic heterocycles. The molecule has 1 heterocycles. The van der Waals surface area contributed by atoms with Crippen molar-refractivity contribution < 1.29 is 9.53 Å². The lowest BCUT2D eigenvalue weighted by molar-refractivity contribution is 0.0938. The monoisotopic (exact) mass is 249 g/mol. The van der Waals surface area contributed by atoms with Crippen LogP contribution in [0.2, 0.25) is 0 Å². The number of anilines is 1. The van der Waals surface area contributed by atoms with E-state index in [1.807, 2.05) is 0 Å². The smallest absolute Gasteiger partial charge is 0.251 e. The maximum atomic E-state index is 12.1. The van der Waals surface area contributed by atoms with Crippen molar-refractivity contribution in [1.29, 1.82) is 0 Å². The minimum absolute atomic E-state index is 0.0754. The molecule has 0 radical (unpaired) electrons. The van der Waals surface area contributed by atoms with E-state index in [1.165, 1.54) is 0 Å². The Morgan fingerprint density at radius 1 is 1.56 bits per heavy atom. The van der Waals surface area contributed by atoms with Crippen LogP contribution in [-0.2, 0) is 0 Å². The minimum atomic E-state index is -0.0754. The first-order valence-electron chi connectivity index (χ1n) is 6.03. The molecule has 5 heteroatoms. The number of nitrogen functional groups attached to an aromatic ring is 1. The van der Waals surface area contributed by atoms with E-state index in [-0.39, 0.29) is 11.9 Å². The molecule has 0 spiro atoms. The van der Waals surface area contributed by atoms with Gasteiger partial charge < -0.3 is 20.7 Å². The van der Waals surface area contributed by atoms with Crippen LogP contribution in [0.1, 0.15) is 16.8 Å². The average Bonchev–Trinajstić information content (AvgIpc) is 2.75. The molecule has 98 valence electrons. The number of ether oxygens (including phenoxy) is 1. The Balaban J connectivity index is 2.04. The second kappa shape index (κ2) is 5.27. The molecule has 0 aliphatic carbocycles. The molecule has 0 bridgehead atoms. The summed E-state index contributed by atoms with van der Waals surface area (Å²) in [4.78, 5) is 14.3. The largest absolute Gasteiger partial charge is 0.495 e. The van der Waals surface area contributed by atoms with Crippen molar-refractivity contribution in [3.8, 4) is 5.75 Å². The van der Waals surface area contributed by atoms with Gasteiger partial charge >= 0.3 is 0 Å². The molecule has 0 unspecified atom stereocenters. The third kappa shape index (κ3) is 2.73. The van der Waals surface area contributed by atoms with Gasteiger partial charge in [0.05, 0.1) is 12.8 Å². The van der Waals surface area contributed by atoms with Crippen LogP contribution in [0.5, 0.6) is 5.75 Å². The second-order valence-corrected chi connectivity index (χ2v) is 4.68. The maximum absolute atomic E-state index is 12.1. The van der Waals surface area contributed by atoms with Crippen LogP contribution in [0.3, 0.4) is 0 Å². The first-order chi connectivity index (χ1) is 8.60. The molecule has 1 saturated heterocycles. The number of methoxy groups -OCH3 is 1. The molecule has 1 atom stereocenters. The van der Waals surface area contributed by atoms with Crippen molar-refractivity contribution in [2.75, 3.05) is 33.0 Å². The van der Waals surface area contributed by atoms with Gasteiger partial charge in [-0.2, -0.15) is 0 Å². The van der Waals surface area contributed by atoms with E-state index in [0.717, 1.165) is 19.5 Å². The highest BCUT2D eigenvalue weighted by atomic mass is 16.5. The molecule has 1 aromatic carbocycles. The van der Waals surface area contributed by atoms with E-state index in [2.05, 4.69) is 17.3 Å². The van der Waals surface area contributed by atoms with Gasteiger partial charge in [-0.05, 0) is 38.2 Å². The molecule has 5 nitrogen and oxygen atoms in total. The molecule has 1 fully saturated rings. The van der Waals surface area contributed by atoms with E-state index < -0.39 is 0 Å². The third-order valence-corrected chi connectivity index (χ3v) is 3.22. The lowest BCUT2D eigenvalue weighted by Gasteiger charge is -2.13. The van der Waals surface area contributed by atoms with Crippen LogP contribution in [0.25, 0.3) is 0 Å². The van der Waals surface area contributed by atoms with Crippen LogP contribution in [-0.4, -0.2) is 44.1 Å². The molecule has 18 heavy (non-hydrogen) atoms. The van der Waals surface area contributed by atoms with Gasteiger partial charge in [0.1, 0.15) is 5.75 Å². The van der Waals surface area contributed by atoms with Crippen molar-refractivity contribution in [1.82, 2.24) is 10.2 Å². The highest BCUT2D eigenvalue weighted by molar-refractivity contribution is 5.95. The number of likely N-dealkylation sites (tertiary alicyclic amines) is 1. The highest BCUT2D eigenvalue weighted by Crippen LogP contribution is 2.22. The predicted molar refractivity (Wildman–Crippen MR) is 70.8 cm³/mol. The lowest BCUT2D eigenvalue weighted by atomic mass is 10.1. The van der Waals surface area contributed by atoms with Gasteiger partial charge in [-0.3, -0.25) is 4.79 Å². The van der Waals surface area contributed by atoms with Gasteiger partial charge in [-0.15, -0.1) is 0 Å². The Labute approximate surface area is 107 Å². The summed E-state index contributed by atoms with van der Waals surface area (Å²) in [6.07, 6.45) is 0.994. The topological polar surface area (TPSA) is 67.6 Å². The van der Waals surface area contributed by atoms with Crippen LogP contribution in [0.15, 0.2) is 18.2 Å². The number of benzene rings is 1. The predicted octanol–water partition coefficient (Wildman–Crippen LogP) is 0.711. The summed E-state index contributed by atoms with van der Waals surface area (Å²) in [6, 6.07) is 5.30. The second-order valence-electron chi connectivity index (χ2n) is 4.68. The van der Waals surface area contributed by atoms with E-state index in [9.17, 15) is 4.79 Å². The first kappa shape index (κ1) is 12.7. The maximum Gasteiger partial charge on any atom is 0.251 e. The van der Waals surface area contributed by atoms with Crippen molar-refractivity contribution in [2.24, 2.45) is 0 Å². The molecule has 1 aromatic rings. The number of nitrogens with two attached hydrogens (primary N) is 1. The Morgan fingerprint density at radius 3 is 2.94 bits per heavy atom. The van der Waals surface area contributed by atoms with Gasteiger partial charge in [-0.1, -0.05) is 0 Å². The number of nitrogens with one attached hydrogen (secondary N) is 1. The molecular formula is C13H19N3O2. The van der Waals surface area contributed by atoms with Crippen LogP contribution in [0.4, 0.5) is 5.69 Å². The van der Waals surface area contributed by atoms with Crippen molar-refractivity contribution in [2.45, 2.75) is 12.5 Å². The zero-order chi connectivity index (χ0) is 13.1. The summed E-state index contributed by atoms with van der Waals surface area (Å²) in [7, 11) is 3.59. The van der Waals surface area contributed by atoms with Crippen molar-refractivity contribution in [3.63, 3.8) is 0 Å². The number of rotatable bonds is 3. The van der Waals surface area contributed by atoms with E-state index in [1.54, 1.807) is 25.3 Å². The lowest BCUT2D eigenvalue weighted by Crippen LogP contribution is -2.36. The number of hydrogen-bond donors (Lipinski definition) is 2. The Morgan fingerprint density at radius 2 is 2.33 bits per heavy atom. The van der Waals surface area contributed by atoms with Crippen LogP contribution in [0, 0.1) is 0 Å². The number of nitrogens with zero attached hydrogens (tertiary/aromatic N) is 1. The van der Waals surface area contributed by atoms with Crippen molar-refractivity contribution >= 4 is 11.6 Å². The van der Waals surface area contributed by atoms with Gasteiger partial charge in [0.2, 0.25) is 0 Å². The SMILES string of the molecule is COc1cc(C(=O)N[C@@H]2CCN(C)C2)ccc1N. The molecule has 1 aliphatic rings. The zero-order valence-corrected chi connectivity index (χ0v) is 10.8. The summed E-state index contributed by atoms with van der Waals surface area (Å²) in [6.45, 7) is 1.92. The molecule has 2 rings (SSSR count). The number of carbonyl (C=O) groups excluding carboxylic acids is 1. The molecule has 3 N–H and O–H groups in total. The van der Waals surface area contributed by atoms with Gasteiger partial charge in [0.25, 0.3) is 5.91 Å². The van der Waals surface area contributed by atoms with Gasteiger partial charge in [0, 0.05) is 18.2 Å². The zero-order valence-electron chi connectivity index (χ0n) is 10.8. The fourth-order valence-corrected chi connectivity index (χ4v) is 2.17. The number of likely N-dealkylation sites (N-methyl/N-ethyl adjacent to an activating group) is 1. The highest BCUT2D eigenvalue weighted by Gasteiger charge is 2.21. The normalized spacial score (nSPS) is 19.8. The Kier molecular flexibility index (Phi) is 3.72. The summed E-state index contributed by atoms with van der Waals surface area (Å²) in [5, 5.41) is 3.02. The average molecular weight is 249 g/mol. The Bertz CT molecular complexity index is 448. The summed E-state index contributed by atoms with van der Waals surface area (Å²) in [5.74, 6) is 0.458. The van der Waals surface area contributed by atoms with Crippen molar-refractivity contribution in [3.05, 3.63) is 23.8 Å². The summed E-state index contributed by atoms with van der Waals surface area (Å²) >= 11 is 0. The molecule has 0 aromatic heterocycles. The molecular weight excluding hydrogens is 230 g/mol. The minimum Gasteiger partial charge on any atom is -0.495 e. The molecule has 1 amide bonds. The third-order valence-electron chi connectivity index (χ3n) is 3.22. The fraction of sp³-hybridized carbons (Fsp3) is 0.462. The summed E-state index contributed by atoms with van der Waals surface area (Å²) < 4.78 is 5.11. The van der Waals surface area contributed by atoms with E-state index in [4.69, 9.17) is 10.5 Å². The van der Waals surface area contributed by atoms with Crippen LogP contribution >= 0.6 is 0 Å². The standard InChI is InChI=1S/C13H19N3O2/c1-16-6-5-10(8-16)15-13(17)9-3-4-11(14)12(7-9)18-2/h3-4,7,10H,5-6,8,14H2,1-2H3,(H,15,17)/t10-/m1/s1. The quantitative estimate of drug-likeness (QED) is 0.774. The fourth-order valence-electron chi connectivity index (χ4n) is 2.17. The molecule has 0 saturated carbocycles. The van der Waals surface area contributed by atoms with Crippen LogP contribution < -0.4 is 15.8 Å². The number of hydrogen-bond acceptors (Lipinski definition) is 4. The van der Waals surface area contributed by atoms with Gasteiger partial charge in [-0.25, -0.2) is 0 Å². The van der Waals surface area contributed by atoms with E-state index in [0.29, 0.717) is 17.0 Å². The summed E-state index contributed by atoms with van der Waals surface area (Å²) in [5.41, 5.74) is 6.83. The van der Waals surface area contributed by atoms with Gasteiger partial charge in [0.15, 0.2) is 0 Å². The first-order valence-corrected chi connectivity index (χ1v) is 6.03. The van der Waals surface area contributed by atoms with E-state index >= 15 is 0 Å². The number of carbonyl (C=O) groups is 1.